The molecule has 1 aromatic heterocycles. The van der Waals surface area contributed by atoms with Crippen LogP contribution in [0.15, 0.2) is 36.8 Å². The highest BCUT2D eigenvalue weighted by molar-refractivity contribution is 6.31. The molecule has 0 bridgehead atoms. The molecule has 2 heterocycles. The Balaban J connectivity index is 1.79. The number of aromatic nitrogens is 2. The molecule has 1 atom stereocenters. The summed E-state index contributed by atoms with van der Waals surface area (Å²) in [6.07, 6.45) is 4.16. The smallest absolute Gasteiger partial charge is 0.247 e. The lowest BCUT2D eigenvalue weighted by Gasteiger charge is -2.35. The number of benzene rings is 1. The summed E-state index contributed by atoms with van der Waals surface area (Å²) in [7, 11) is 0. The van der Waals surface area contributed by atoms with Crippen molar-refractivity contribution in [1.29, 1.82) is 0 Å². The number of imidazole rings is 1. The fraction of sp³-hybridized carbons (Fsp3) is 0.312. The van der Waals surface area contributed by atoms with Gasteiger partial charge in [0.15, 0.2) is 0 Å². The van der Waals surface area contributed by atoms with Gasteiger partial charge in [-0.1, -0.05) is 29.8 Å². The Labute approximate surface area is 138 Å². The Hall–Kier alpha value is -2.34. The zero-order valence-electron chi connectivity index (χ0n) is 12.5. The van der Waals surface area contributed by atoms with E-state index >= 15 is 0 Å². The van der Waals surface area contributed by atoms with Crippen molar-refractivity contribution in [2.75, 3.05) is 13.1 Å². The molecule has 0 spiro atoms. The number of carbonyl (C=O) groups is 2. The molecule has 1 fully saturated rings. The lowest BCUT2D eigenvalue weighted by atomic mass is 10.0. The van der Waals surface area contributed by atoms with Crippen LogP contribution in [-0.4, -0.2) is 39.8 Å². The number of piperazine rings is 1. The van der Waals surface area contributed by atoms with E-state index in [9.17, 15) is 9.59 Å². The van der Waals surface area contributed by atoms with E-state index in [1.807, 2.05) is 6.07 Å². The van der Waals surface area contributed by atoms with E-state index in [4.69, 9.17) is 11.6 Å². The van der Waals surface area contributed by atoms with Crippen LogP contribution < -0.4 is 5.32 Å². The first-order chi connectivity index (χ1) is 11.2. The van der Waals surface area contributed by atoms with Crippen molar-refractivity contribution in [3.63, 3.8) is 0 Å². The predicted molar refractivity (Wildman–Crippen MR) is 85.8 cm³/mol. The zero-order chi connectivity index (χ0) is 16.2. The molecule has 0 saturated carbocycles. The van der Waals surface area contributed by atoms with Gasteiger partial charge in [0, 0.05) is 42.0 Å². The van der Waals surface area contributed by atoms with Crippen LogP contribution in [-0.2, 0) is 16.0 Å². The molecule has 1 aliphatic rings. The number of hydrogen-bond acceptors (Lipinski definition) is 3. The van der Waals surface area contributed by atoms with Crippen LogP contribution in [0.25, 0.3) is 0 Å². The average molecular weight is 333 g/mol. The summed E-state index contributed by atoms with van der Waals surface area (Å²) < 4.78 is 0. The van der Waals surface area contributed by atoms with Gasteiger partial charge in [0.05, 0.1) is 6.33 Å². The lowest BCUT2D eigenvalue weighted by Crippen LogP contribution is -2.52. The summed E-state index contributed by atoms with van der Waals surface area (Å²) in [5.41, 5.74) is 1.55. The van der Waals surface area contributed by atoms with E-state index in [1.165, 1.54) is 0 Å². The minimum Gasteiger partial charge on any atom is -0.352 e. The third-order valence-corrected chi connectivity index (χ3v) is 4.24. The van der Waals surface area contributed by atoms with Gasteiger partial charge in [0.25, 0.3) is 0 Å². The number of H-pyrrole nitrogens is 1. The molecule has 0 radical (unpaired) electrons. The monoisotopic (exact) mass is 332 g/mol. The van der Waals surface area contributed by atoms with Crippen LogP contribution in [0, 0.1) is 0 Å². The molecule has 1 aromatic carbocycles. The Morgan fingerprint density at radius 1 is 1.39 bits per heavy atom. The first-order valence-corrected chi connectivity index (χ1v) is 7.83. The zero-order valence-corrected chi connectivity index (χ0v) is 13.2. The lowest BCUT2D eigenvalue weighted by molar-refractivity contribution is -0.143. The number of hydrogen-bond donors (Lipinski definition) is 2. The molecule has 23 heavy (non-hydrogen) atoms. The first-order valence-electron chi connectivity index (χ1n) is 7.45. The number of carbonyl (C=O) groups excluding carboxylic acids is 2. The minimum atomic E-state index is -0.674. The molecule has 3 rings (SSSR count). The highest BCUT2D eigenvalue weighted by atomic mass is 35.5. The van der Waals surface area contributed by atoms with Crippen LogP contribution >= 0.6 is 11.6 Å². The molecular formula is C16H17ClN4O2. The van der Waals surface area contributed by atoms with Crippen molar-refractivity contribution in [3.8, 4) is 0 Å². The molecule has 2 aromatic rings. The molecule has 1 aliphatic heterocycles. The van der Waals surface area contributed by atoms with Gasteiger partial charge in [-0.2, -0.15) is 0 Å². The van der Waals surface area contributed by atoms with Gasteiger partial charge in [0.2, 0.25) is 11.8 Å². The van der Waals surface area contributed by atoms with Crippen LogP contribution in [0.2, 0.25) is 5.02 Å². The number of rotatable bonds is 4. The first kappa shape index (κ1) is 15.6. The van der Waals surface area contributed by atoms with Crippen molar-refractivity contribution in [2.45, 2.75) is 18.9 Å². The van der Waals surface area contributed by atoms with Crippen molar-refractivity contribution >= 4 is 23.4 Å². The van der Waals surface area contributed by atoms with Crippen LogP contribution in [0.1, 0.15) is 23.7 Å². The second-order valence-electron chi connectivity index (χ2n) is 5.38. The molecule has 2 N–H and O–H groups in total. The minimum absolute atomic E-state index is 0.0700. The van der Waals surface area contributed by atoms with E-state index in [2.05, 4.69) is 15.3 Å². The van der Waals surface area contributed by atoms with Gasteiger partial charge in [-0.25, -0.2) is 4.98 Å². The average Bonchev–Trinajstić information content (AvgIpc) is 3.07. The number of nitrogens with zero attached hydrogens (tertiary/aromatic N) is 2. The summed E-state index contributed by atoms with van der Waals surface area (Å²) in [5.74, 6) is -0.265. The van der Waals surface area contributed by atoms with Crippen molar-refractivity contribution in [2.24, 2.45) is 0 Å². The summed E-state index contributed by atoms with van der Waals surface area (Å²) in [4.78, 5) is 33.4. The summed E-state index contributed by atoms with van der Waals surface area (Å²) in [5, 5.41) is 3.29. The molecule has 1 saturated heterocycles. The number of aryl methyl sites for hydroxylation is 1. The third kappa shape index (κ3) is 3.37. The molecule has 1 unspecified atom stereocenters. The number of amides is 2. The predicted octanol–water partition coefficient (Wildman–Crippen LogP) is 1.70. The molecule has 120 valence electrons. The van der Waals surface area contributed by atoms with Gasteiger partial charge < -0.3 is 15.2 Å². The fourth-order valence-electron chi connectivity index (χ4n) is 2.75. The second-order valence-corrected chi connectivity index (χ2v) is 5.79. The quantitative estimate of drug-likeness (QED) is 0.894. The highest BCUT2D eigenvalue weighted by Crippen LogP contribution is 2.29. The van der Waals surface area contributed by atoms with Crippen molar-refractivity contribution < 1.29 is 9.59 Å². The van der Waals surface area contributed by atoms with Gasteiger partial charge >= 0.3 is 0 Å². The summed E-state index contributed by atoms with van der Waals surface area (Å²) in [6, 6.07) is 6.46. The van der Waals surface area contributed by atoms with Crippen molar-refractivity contribution in [3.05, 3.63) is 53.1 Å². The Morgan fingerprint density at radius 2 is 2.22 bits per heavy atom. The highest BCUT2D eigenvalue weighted by Gasteiger charge is 2.35. The maximum atomic E-state index is 12.6. The number of nitrogens with one attached hydrogen (secondary N) is 2. The van der Waals surface area contributed by atoms with Gasteiger partial charge in [-0.05, 0) is 12.5 Å². The van der Waals surface area contributed by atoms with Crippen LogP contribution in [0.5, 0.6) is 0 Å². The number of halogens is 1. The van der Waals surface area contributed by atoms with Crippen LogP contribution in [0.3, 0.4) is 0 Å². The standard InChI is InChI=1S/C16H17ClN4O2/c17-13-4-2-1-3-12(13)15-16(23)19-7-8-21(15)14(22)6-5-11-9-18-10-20-11/h1-4,9-10,15H,5-8H2,(H,18,20)(H,19,23). The van der Waals surface area contributed by atoms with Crippen molar-refractivity contribution in [1.82, 2.24) is 20.2 Å². The fourth-order valence-corrected chi connectivity index (χ4v) is 2.99. The Bertz CT molecular complexity index is 702. The molecule has 0 aliphatic carbocycles. The second kappa shape index (κ2) is 6.83. The van der Waals surface area contributed by atoms with Gasteiger partial charge in [0.1, 0.15) is 6.04 Å². The summed E-state index contributed by atoms with van der Waals surface area (Å²) in [6.45, 7) is 0.930. The van der Waals surface area contributed by atoms with E-state index in [-0.39, 0.29) is 11.8 Å². The summed E-state index contributed by atoms with van der Waals surface area (Å²) >= 11 is 6.22. The topological polar surface area (TPSA) is 78.1 Å². The maximum Gasteiger partial charge on any atom is 0.247 e. The van der Waals surface area contributed by atoms with E-state index < -0.39 is 6.04 Å². The molecule has 6 nitrogen and oxygen atoms in total. The van der Waals surface area contributed by atoms with Gasteiger partial charge in [-0.3, -0.25) is 9.59 Å². The maximum absolute atomic E-state index is 12.6. The normalized spacial score (nSPS) is 17.9. The molecule has 7 heteroatoms. The third-order valence-electron chi connectivity index (χ3n) is 3.90. The van der Waals surface area contributed by atoms with Crippen LogP contribution in [0.4, 0.5) is 0 Å². The van der Waals surface area contributed by atoms with E-state index in [1.54, 1.807) is 35.6 Å². The SMILES string of the molecule is O=C1NCCN(C(=O)CCc2cnc[nH]2)C1c1ccccc1Cl. The molecular weight excluding hydrogens is 316 g/mol. The van der Waals surface area contributed by atoms with E-state index in [0.717, 1.165) is 5.69 Å². The van der Waals surface area contributed by atoms with E-state index in [0.29, 0.717) is 36.5 Å². The molecule has 2 amide bonds. The Morgan fingerprint density at radius 3 is 2.96 bits per heavy atom. The largest absolute Gasteiger partial charge is 0.352 e. The Kier molecular flexibility index (Phi) is 4.62. The number of aromatic amines is 1. The van der Waals surface area contributed by atoms with Gasteiger partial charge in [-0.15, -0.1) is 0 Å².